The maximum atomic E-state index is 12.4. The first kappa shape index (κ1) is 10.4. The van der Waals surface area contributed by atoms with Crippen molar-refractivity contribution in [3.63, 3.8) is 0 Å². The van der Waals surface area contributed by atoms with Gasteiger partial charge in [-0.2, -0.15) is 18.4 Å². The first-order chi connectivity index (χ1) is 7.43. The number of alkyl halides is 3. The summed E-state index contributed by atoms with van der Waals surface area (Å²) in [6.45, 7) is 0. The van der Waals surface area contributed by atoms with Gasteiger partial charge in [0.15, 0.2) is 0 Å². The summed E-state index contributed by atoms with van der Waals surface area (Å²) in [5.41, 5.74) is 5.13. The Morgan fingerprint density at radius 2 is 2.00 bits per heavy atom. The van der Waals surface area contributed by atoms with Crippen molar-refractivity contribution in [3.05, 3.63) is 29.3 Å². The van der Waals surface area contributed by atoms with E-state index in [4.69, 9.17) is 11.0 Å². The van der Waals surface area contributed by atoms with Crippen LogP contribution in [0.1, 0.15) is 11.1 Å². The summed E-state index contributed by atoms with van der Waals surface area (Å²) in [6.07, 6.45) is -4.42. The fourth-order valence-corrected chi connectivity index (χ4v) is 1.51. The van der Waals surface area contributed by atoms with Gasteiger partial charge in [0.2, 0.25) is 0 Å². The predicted octanol–water partition coefficient (Wildman–Crippen LogP) is 2.64. The fraction of sp³-hybridized carbons (Fsp3) is 0.100. The predicted molar refractivity (Wildman–Crippen MR) is 52.4 cm³/mol. The van der Waals surface area contributed by atoms with Crippen molar-refractivity contribution in [1.29, 1.82) is 5.26 Å². The fourth-order valence-electron chi connectivity index (χ4n) is 1.51. The van der Waals surface area contributed by atoms with Crippen LogP contribution >= 0.6 is 0 Å². The van der Waals surface area contributed by atoms with E-state index in [0.29, 0.717) is 5.52 Å². The van der Waals surface area contributed by atoms with Crippen LogP contribution in [0.4, 0.5) is 19.0 Å². The van der Waals surface area contributed by atoms with Crippen LogP contribution in [0.3, 0.4) is 0 Å². The standard InChI is InChI=1S/C10H6F3N3/c11-10(12,13)5-1-2-8-6(3-5)7(4-14)9(15)16-8/h1-3,16H,15H2. The van der Waals surface area contributed by atoms with Gasteiger partial charge in [-0.15, -0.1) is 0 Å². The molecule has 0 aliphatic rings. The van der Waals surface area contributed by atoms with Gasteiger partial charge in [0.05, 0.1) is 5.56 Å². The lowest BCUT2D eigenvalue weighted by atomic mass is 10.1. The van der Waals surface area contributed by atoms with E-state index < -0.39 is 11.7 Å². The summed E-state index contributed by atoms with van der Waals surface area (Å²) in [4.78, 5) is 2.64. The summed E-state index contributed by atoms with van der Waals surface area (Å²) in [5.74, 6) is 0.0804. The van der Waals surface area contributed by atoms with E-state index in [2.05, 4.69) is 4.98 Å². The van der Waals surface area contributed by atoms with Gasteiger partial charge < -0.3 is 10.7 Å². The number of fused-ring (bicyclic) bond motifs is 1. The van der Waals surface area contributed by atoms with E-state index in [1.165, 1.54) is 6.07 Å². The zero-order valence-electron chi connectivity index (χ0n) is 7.89. The second kappa shape index (κ2) is 3.17. The summed E-state index contributed by atoms with van der Waals surface area (Å²) in [5, 5.41) is 8.96. The average Bonchev–Trinajstić information content (AvgIpc) is 2.50. The molecule has 0 aliphatic carbocycles. The highest BCUT2D eigenvalue weighted by molar-refractivity contribution is 5.91. The van der Waals surface area contributed by atoms with Gasteiger partial charge in [-0.25, -0.2) is 0 Å². The number of hydrogen-bond acceptors (Lipinski definition) is 2. The molecule has 6 heteroatoms. The number of halogens is 3. The summed E-state index contributed by atoms with van der Waals surface area (Å²) in [7, 11) is 0. The number of hydrogen-bond donors (Lipinski definition) is 2. The molecule has 82 valence electrons. The normalized spacial score (nSPS) is 11.6. The second-order valence-electron chi connectivity index (χ2n) is 3.28. The lowest BCUT2D eigenvalue weighted by Gasteiger charge is -2.05. The summed E-state index contributed by atoms with van der Waals surface area (Å²) < 4.78 is 37.3. The van der Waals surface area contributed by atoms with Crippen LogP contribution in [0.2, 0.25) is 0 Å². The Hall–Kier alpha value is -2.16. The van der Waals surface area contributed by atoms with Crippen molar-refractivity contribution in [1.82, 2.24) is 4.98 Å². The lowest BCUT2D eigenvalue weighted by Crippen LogP contribution is -2.04. The second-order valence-corrected chi connectivity index (χ2v) is 3.28. The molecular weight excluding hydrogens is 219 g/mol. The van der Waals surface area contributed by atoms with Gasteiger partial charge >= 0.3 is 6.18 Å². The molecule has 3 nitrogen and oxygen atoms in total. The average molecular weight is 225 g/mol. The molecule has 0 amide bonds. The Kier molecular flexibility index (Phi) is 2.05. The molecule has 0 atom stereocenters. The molecule has 16 heavy (non-hydrogen) atoms. The third kappa shape index (κ3) is 1.46. The number of anilines is 1. The molecule has 0 unspecified atom stereocenters. The van der Waals surface area contributed by atoms with E-state index in [9.17, 15) is 13.2 Å². The Balaban J connectivity index is 2.75. The van der Waals surface area contributed by atoms with Gasteiger partial charge in [-0.3, -0.25) is 0 Å². The third-order valence-corrected chi connectivity index (χ3v) is 2.27. The number of nitriles is 1. The van der Waals surface area contributed by atoms with Crippen LogP contribution < -0.4 is 5.73 Å². The van der Waals surface area contributed by atoms with E-state index in [0.717, 1.165) is 12.1 Å². The number of rotatable bonds is 0. The molecule has 0 saturated carbocycles. The van der Waals surface area contributed by atoms with Crippen LogP contribution in [0.5, 0.6) is 0 Å². The van der Waals surface area contributed by atoms with E-state index >= 15 is 0 Å². The van der Waals surface area contributed by atoms with Gasteiger partial charge in [-0.05, 0) is 18.2 Å². The number of aromatic nitrogens is 1. The van der Waals surface area contributed by atoms with Crippen molar-refractivity contribution < 1.29 is 13.2 Å². The van der Waals surface area contributed by atoms with E-state index in [1.807, 2.05) is 0 Å². The molecule has 0 bridgehead atoms. The SMILES string of the molecule is N#Cc1c(N)[nH]c2ccc(C(F)(F)F)cc12. The largest absolute Gasteiger partial charge is 0.416 e. The summed E-state index contributed by atoms with van der Waals surface area (Å²) >= 11 is 0. The molecule has 0 saturated heterocycles. The number of nitrogens with zero attached hydrogens (tertiary/aromatic N) is 1. The Morgan fingerprint density at radius 1 is 1.31 bits per heavy atom. The van der Waals surface area contributed by atoms with Gasteiger partial charge in [-0.1, -0.05) is 0 Å². The quantitative estimate of drug-likeness (QED) is 0.723. The van der Waals surface area contributed by atoms with Gasteiger partial charge in [0.1, 0.15) is 17.5 Å². The lowest BCUT2D eigenvalue weighted by molar-refractivity contribution is -0.137. The Labute approximate surface area is 88.3 Å². The topological polar surface area (TPSA) is 65.6 Å². The van der Waals surface area contributed by atoms with E-state index in [-0.39, 0.29) is 16.8 Å². The van der Waals surface area contributed by atoms with E-state index in [1.54, 1.807) is 6.07 Å². The minimum absolute atomic E-state index is 0.0427. The van der Waals surface area contributed by atoms with Crippen molar-refractivity contribution >= 4 is 16.7 Å². The van der Waals surface area contributed by atoms with Gasteiger partial charge in [0.25, 0.3) is 0 Å². The van der Waals surface area contributed by atoms with Crippen molar-refractivity contribution in [2.75, 3.05) is 5.73 Å². The highest BCUT2D eigenvalue weighted by atomic mass is 19.4. The van der Waals surface area contributed by atoms with Crippen molar-refractivity contribution in [2.24, 2.45) is 0 Å². The first-order valence-electron chi connectivity index (χ1n) is 4.32. The number of H-pyrrole nitrogens is 1. The molecule has 1 aromatic carbocycles. The van der Waals surface area contributed by atoms with Crippen LogP contribution in [-0.4, -0.2) is 4.98 Å². The molecule has 0 radical (unpaired) electrons. The first-order valence-corrected chi connectivity index (χ1v) is 4.32. The molecule has 0 spiro atoms. The molecule has 0 fully saturated rings. The van der Waals surface area contributed by atoms with Crippen molar-refractivity contribution in [2.45, 2.75) is 6.18 Å². The Bertz CT molecular complexity index is 590. The minimum Gasteiger partial charge on any atom is -0.384 e. The van der Waals surface area contributed by atoms with Crippen LogP contribution in [0, 0.1) is 11.3 Å². The van der Waals surface area contributed by atoms with Crippen molar-refractivity contribution in [3.8, 4) is 6.07 Å². The molecule has 3 N–H and O–H groups in total. The molecule has 1 heterocycles. The monoisotopic (exact) mass is 225 g/mol. The number of aromatic amines is 1. The minimum atomic E-state index is -4.42. The molecule has 2 rings (SSSR count). The molecule has 1 aromatic heterocycles. The number of nitrogen functional groups attached to an aromatic ring is 1. The molecular formula is C10H6F3N3. The third-order valence-electron chi connectivity index (χ3n) is 2.27. The van der Waals surface area contributed by atoms with Crippen LogP contribution in [-0.2, 0) is 6.18 Å². The smallest absolute Gasteiger partial charge is 0.384 e. The maximum absolute atomic E-state index is 12.4. The summed E-state index contributed by atoms with van der Waals surface area (Å²) in [6, 6.07) is 4.89. The number of benzene rings is 1. The molecule has 0 aliphatic heterocycles. The Morgan fingerprint density at radius 3 is 2.56 bits per heavy atom. The van der Waals surface area contributed by atoms with Crippen LogP contribution in [0.25, 0.3) is 10.9 Å². The number of nitrogens with one attached hydrogen (secondary N) is 1. The highest BCUT2D eigenvalue weighted by Crippen LogP contribution is 2.33. The highest BCUT2D eigenvalue weighted by Gasteiger charge is 2.30. The zero-order chi connectivity index (χ0) is 11.9. The zero-order valence-corrected chi connectivity index (χ0v) is 7.89. The number of nitrogens with two attached hydrogens (primary N) is 1. The van der Waals surface area contributed by atoms with Gasteiger partial charge in [0, 0.05) is 10.9 Å². The van der Waals surface area contributed by atoms with Crippen LogP contribution in [0.15, 0.2) is 18.2 Å². The molecule has 2 aromatic rings. The maximum Gasteiger partial charge on any atom is 0.416 e.